The summed E-state index contributed by atoms with van der Waals surface area (Å²) in [4.78, 5) is 8.84. The van der Waals surface area contributed by atoms with Crippen LogP contribution in [0.2, 0.25) is 0 Å². The van der Waals surface area contributed by atoms with Gasteiger partial charge in [0.15, 0.2) is 0 Å². The summed E-state index contributed by atoms with van der Waals surface area (Å²) in [6.07, 6.45) is 8.24. The summed E-state index contributed by atoms with van der Waals surface area (Å²) in [7, 11) is 0. The van der Waals surface area contributed by atoms with Crippen molar-refractivity contribution in [3.05, 3.63) is 17.3 Å². The minimum absolute atomic E-state index is 0.574. The van der Waals surface area contributed by atoms with E-state index in [1.165, 1.54) is 42.4 Å². The predicted molar refractivity (Wildman–Crippen MR) is 81.8 cm³/mol. The van der Waals surface area contributed by atoms with Crippen LogP contribution in [-0.2, 0) is 0 Å². The van der Waals surface area contributed by atoms with Gasteiger partial charge in [0.25, 0.3) is 0 Å². The number of anilines is 1. The summed E-state index contributed by atoms with van der Waals surface area (Å²) in [5, 5.41) is 5.82. The molecule has 0 aliphatic heterocycles. The van der Waals surface area contributed by atoms with Crippen molar-refractivity contribution in [3.63, 3.8) is 0 Å². The van der Waals surface area contributed by atoms with Crippen molar-refractivity contribution in [3.8, 4) is 0 Å². The normalized spacial score (nSPS) is 24.3. The van der Waals surface area contributed by atoms with E-state index in [0.29, 0.717) is 6.04 Å². The van der Waals surface area contributed by atoms with E-state index < -0.39 is 0 Å². The number of hydrogen-bond acceptors (Lipinski definition) is 4. The minimum atomic E-state index is 0.574. The zero-order valence-electron chi connectivity index (χ0n) is 11.6. The maximum atomic E-state index is 4.45. The molecule has 2 heterocycles. The standard InChI is InChI=1S/C15H21N3S/c1-10-4-3-5-12(7-6-10)18-15-14-13(16-9-17-15)11(2)8-19-14/h8-10,12H,3-7H2,1-2H3,(H,16,17,18). The number of nitrogens with one attached hydrogen (secondary N) is 1. The quantitative estimate of drug-likeness (QED) is 0.826. The molecule has 0 radical (unpaired) electrons. The number of aromatic nitrogens is 2. The topological polar surface area (TPSA) is 37.8 Å². The van der Waals surface area contributed by atoms with Crippen LogP contribution in [0.1, 0.15) is 44.6 Å². The second-order valence-electron chi connectivity index (χ2n) is 5.77. The van der Waals surface area contributed by atoms with Gasteiger partial charge < -0.3 is 5.32 Å². The van der Waals surface area contributed by atoms with Gasteiger partial charge in [0.05, 0.1) is 10.2 Å². The van der Waals surface area contributed by atoms with Gasteiger partial charge in [-0.05, 0) is 43.0 Å². The van der Waals surface area contributed by atoms with Crippen LogP contribution < -0.4 is 5.32 Å². The Bertz CT molecular complexity index is 564. The summed E-state index contributed by atoms with van der Waals surface area (Å²) >= 11 is 1.75. The van der Waals surface area contributed by atoms with E-state index in [1.54, 1.807) is 17.7 Å². The Morgan fingerprint density at radius 3 is 3.00 bits per heavy atom. The predicted octanol–water partition coefficient (Wildman–Crippen LogP) is 4.38. The van der Waals surface area contributed by atoms with E-state index in [-0.39, 0.29) is 0 Å². The van der Waals surface area contributed by atoms with Crippen LogP contribution in [0.25, 0.3) is 10.2 Å². The Kier molecular flexibility index (Phi) is 3.69. The molecule has 1 saturated carbocycles. The molecule has 4 heteroatoms. The number of fused-ring (bicyclic) bond motifs is 1. The molecule has 1 aliphatic carbocycles. The molecule has 0 amide bonds. The number of thiophene rings is 1. The first-order chi connectivity index (χ1) is 9.24. The fraction of sp³-hybridized carbons (Fsp3) is 0.600. The van der Waals surface area contributed by atoms with Crippen LogP contribution in [0.3, 0.4) is 0 Å². The summed E-state index contributed by atoms with van der Waals surface area (Å²) in [5.41, 5.74) is 2.35. The molecule has 1 aliphatic rings. The fourth-order valence-electron chi connectivity index (χ4n) is 2.90. The zero-order valence-corrected chi connectivity index (χ0v) is 12.5. The monoisotopic (exact) mass is 275 g/mol. The van der Waals surface area contributed by atoms with Crippen LogP contribution in [0.4, 0.5) is 5.82 Å². The lowest BCUT2D eigenvalue weighted by atomic mass is 10.0. The first kappa shape index (κ1) is 12.9. The summed E-state index contributed by atoms with van der Waals surface area (Å²) in [5.74, 6) is 1.91. The number of nitrogens with zero attached hydrogens (tertiary/aromatic N) is 2. The van der Waals surface area contributed by atoms with E-state index in [0.717, 1.165) is 17.3 Å². The van der Waals surface area contributed by atoms with Gasteiger partial charge in [-0.15, -0.1) is 11.3 Å². The Morgan fingerprint density at radius 2 is 2.11 bits per heavy atom. The van der Waals surface area contributed by atoms with E-state index >= 15 is 0 Å². The molecule has 2 aromatic heterocycles. The Labute approximate surface area is 118 Å². The van der Waals surface area contributed by atoms with Crippen molar-refractivity contribution >= 4 is 27.4 Å². The highest BCUT2D eigenvalue weighted by Crippen LogP contribution is 2.31. The van der Waals surface area contributed by atoms with Crippen LogP contribution in [0.15, 0.2) is 11.7 Å². The highest BCUT2D eigenvalue weighted by Gasteiger charge is 2.18. The highest BCUT2D eigenvalue weighted by atomic mass is 32.1. The second kappa shape index (κ2) is 5.45. The molecule has 2 atom stereocenters. The van der Waals surface area contributed by atoms with Gasteiger partial charge in [-0.3, -0.25) is 0 Å². The summed E-state index contributed by atoms with van der Waals surface area (Å²) in [6.45, 7) is 4.48. The maximum absolute atomic E-state index is 4.45. The number of aryl methyl sites for hydroxylation is 1. The third-order valence-corrected chi connectivity index (χ3v) is 5.22. The maximum Gasteiger partial charge on any atom is 0.147 e. The molecule has 0 bridgehead atoms. The minimum Gasteiger partial charge on any atom is -0.366 e. The van der Waals surface area contributed by atoms with Gasteiger partial charge in [-0.25, -0.2) is 9.97 Å². The van der Waals surface area contributed by atoms with Gasteiger partial charge in [0.2, 0.25) is 0 Å². The third-order valence-electron chi connectivity index (χ3n) is 4.13. The molecule has 2 unspecified atom stereocenters. The second-order valence-corrected chi connectivity index (χ2v) is 6.65. The lowest BCUT2D eigenvalue weighted by Crippen LogP contribution is -2.19. The lowest BCUT2D eigenvalue weighted by molar-refractivity contribution is 0.502. The van der Waals surface area contributed by atoms with Crippen molar-refractivity contribution < 1.29 is 0 Å². The van der Waals surface area contributed by atoms with Crippen LogP contribution in [0.5, 0.6) is 0 Å². The Balaban J connectivity index is 1.81. The number of hydrogen-bond donors (Lipinski definition) is 1. The van der Waals surface area contributed by atoms with Crippen molar-refractivity contribution in [2.45, 2.75) is 52.0 Å². The van der Waals surface area contributed by atoms with Crippen molar-refractivity contribution in [1.29, 1.82) is 0 Å². The molecule has 1 fully saturated rings. The van der Waals surface area contributed by atoms with Gasteiger partial charge in [0.1, 0.15) is 12.1 Å². The molecule has 19 heavy (non-hydrogen) atoms. The molecule has 0 saturated heterocycles. The zero-order chi connectivity index (χ0) is 13.2. The molecule has 3 nitrogen and oxygen atoms in total. The van der Waals surface area contributed by atoms with Gasteiger partial charge in [-0.2, -0.15) is 0 Å². The first-order valence-electron chi connectivity index (χ1n) is 7.19. The molecule has 0 spiro atoms. The molecule has 0 aromatic carbocycles. The molecule has 2 aromatic rings. The lowest BCUT2D eigenvalue weighted by Gasteiger charge is -2.17. The Morgan fingerprint density at radius 1 is 1.21 bits per heavy atom. The highest BCUT2D eigenvalue weighted by molar-refractivity contribution is 7.18. The van der Waals surface area contributed by atoms with Gasteiger partial charge in [0, 0.05) is 6.04 Å². The molecule has 1 N–H and O–H groups in total. The van der Waals surface area contributed by atoms with Gasteiger partial charge >= 0.3 is 0 Å². The van der Waals surface area contributed by atoms with Crippen molar-refractivity contribution in [2.24, 2.45) is 5.92 Å². The van der Waals surface area contributed by atoms with Crippen molar-refractivity contribution in [1.82, 2.24) is 9.97 Å². The molecule has 102 valence electrons. The molecular weight excluding hydrogens is 254 g/mol. The average molecular weight is 275 g/mol. The molecule has 3 rings (SSSR count). The van der Waals surface area contributed by atoms with E-state index in [2.05, 4.69) is 34.5 Å². The van der Waals surface area contributed by atoms with Gasteiger partial charge in [-0.1, -0.05) is 19.8 Å². The van der Waals surface area contributed by atoms with Crippen molar-refractivity contribution in [2.75, 3.05) is 5.32 Å². The third kappa shape index (κ3) is 2.73. The van der Waals surface area contributed by atoms with Crippen LogP contribution in [-0.4, -0.2) is 16.0 Å². The SMILES string of the molecule is Cc1csc2c(NC3CCCC(C)CC3)ncnc12. The largest absolute Gasteiger partial charge is 0.366 e. The van der Waals surface area contributed by atoms with E-state index in [1.807, 2.05) is 0 Å². The van der Waals surface area contributed by atoms with Crippen LogP contribution in [0, 0.1) is 12.8 Å². The average Bonchev–Trinajstić information content (AvgIpc) is 2.66. The van der Waals surface area contributed by atoms with Crippen LogP contribution >= 0.6 is 11.3 Å². The first-order valence-corrected chi connectivity index (χ1v) is 8.07. The molecular formula is C15H21N3S. The smallest absolute Gasteiger partial charge is 0.147 e. The fourth-order valence-corrected chi connectivity index (χ4v) is 3.85. The van der Waals surface area contributed by atoms with E-state index in [9.17, 15) is 0 Å². The Hall–Kier alpha value is -1.16. The summed E-state index contributed by atoms with van der Waals surface area (Å²) in [6, 6.07) is 0.574. The summed E-state index contributed by atoms with van der Waals surface area (Å²) < 4.78 is 1.21. The van der Waals surface area contributed by atoms with E-state index in [4.69, 9.17) is 0 Å². The number of rotatable bonds is 2.